The van der Waals surface area contributed by atoms with Gasteiger partial charge in [0.2, 0.25) is 0 Å². The molecule has 1 N–H and O–H groups in total. The second kappa shape index (κ2) is 6.13. The van der Waals surface area contributed by atoms with Crippen LogP contribution in [0.25, 0.3) is 0 Å². The van der Waals surface area contributed by atoms with Gasteiger partial charge >= 0.3 is 0 Å². The number of rotatable bonds is 4. The summed E-state index contributed by atoms with van der Waals surface area (Å²) in [6.07, 6.45) is 13.3. The highest BCUT2D eigenvalue weighted by Gasteiger charge is 2.49. The predicted octanol–water partition coefficient (Wildman–Crippen LogP) is 1.95. The molecule has 2 bridgehead atoms. The van der Waals surface area contributed by atoms with Crippen molar-refractivity contribution in [2.75, 3.05) is 6.26 Å². The molecule has 4 heterocycles. The third-order valence-corrected chi connectivity index (χ3v) is 5.96. The summed E-state index contributed by atoms with van der Waals surface area (Å²) in [7, 11) is 1.96. The maximum Gasteiger partial charge on any atom is 0.187 e. The molecule has 2 fully saturated rings. The van der Waals surface area contributed by atoms with E-state index in [2.05, 4.69) is 19.9 Å². The molecule has 4 rings (SSSR count). The highest BCUT2D eigenvalue weighted by molar-refractivity contribution is 7.98. The molecular weight excluding hydrogens is 322 g/mol. The lowest BCUT2D eigenvalue weighted by Gasteiger charge is -2.43. The number of aryl methyl sites for hydroxylation is 1. The fraction of sp³-hybridized carbons (Fsp3) is 0.588. The van der Waals surface area contributed by atoms with Crippen LogP contribution in [0.2, 0.25) is 0 Å². The summed E-state index contributed by atoms with van der Waals surface area (Å²) in [6, 6.07) is 0.788. The van der Waals surface area contributed by atoms with Crippen molar-refractivity contribution in [3.05, 3.63) is 36.2 Å². The van der Waals surface area contributed by atoms with Crippen LogP contribution in [0, 0.1) is 0 Å². The molecule has 0 amide bonds. The first-order chi connectivity index (χ1) is 11.6. The molecule has 2 aliphatic heterocycles. The number of thioether (sulfide) groups is 1. The summed E-state index contributed by atoms with van der Waals surface area (Å²) in [5.74, 6) is 0.798. The number of aromatic nitrogens is 4. The van der Waals surface area contributed by atoms with Crippen molar-refractivity contribution in [3.63, 3.8) is 0 Å². The standard InChI is InChI=1S/C17H23N5OS/c1-21-6-5-18-15(21)17(23)7-13-3-4-14(8-17)22(13)11-12-9-19-16(24-2)20-10-12/h5-6,9-10,13-14,23H,3-4,7-8,11H2,1-2H3/t13-,14+,17?. The van der Waals surface area contributed by atoms with Gasteiger partial charge in [-0.2, -0.15) is 0 Å². The monoisotopic (exact) mass is 345 g/mol. The molecular formula is C17H23N5OS. The lowest BCUT2D eigenvalue weighted by Crippen LogP contribution is -2.50. The van der Waals surface area contributed by atoms with E-state index < -0.39 is 5.60 Å². The summed E-state index contributed by atoms with van der Waals surface area (Å²) in [4.78, 5) is 15.7. The SMILES string of the molecule is CSc1ncc(CN2[C@@H]3CC[C@H]2CC(O)(c2nccn2C)C3)cn1. The van der Waals surface area contributed by atoms with E-state index in [1.165, 1.54) is 0 Å². The highest BCUT2D eigenvalue weighted by Crippen LogP contribution is 2.45. The molecule has 0 radical (unpaired) electrons. The molecule has 0 spiro atoms. The molecule has 2 aromatic rings. The maximum atomic E-state index is 11.2. The van der Waals surface area contributed by atoms with Crippen LogP contribution in [0.4, 0.5) is 0 Å². The average molecular weight is 345 g/mol. The van der Waals surface area contributed by atoms with E-state index in [1.807, 2.05) is 36.5 Å². The van der Waals surface area contributed by atoms with Crippen LogP contribution in [0.15, 0.2) is 29.9 Å². The maximum absolute atomic E-state index is 11.2. The minimum Gasteiger partial charge on any atom is -0.382 e. The third-order valence-electron chi connectivity index (χ3n) is 5.38. The summed E-state index contributed by atoms with van der Waals surface area (Å²) >= 11 is 1.56. The Labute approximate surface area is 146 Å². The van der Waals surface area contributed by atoms with E-state index in [4.69, 9.17) is 0 Å². The topological polar surface area (TPSA) is 67.1 Å². The molecule has 0 aliphatic carbocycles. The van der Waals surface area contributed by atoms with Gasteiger partial charge < -0.3 is 9.67 Å². The molecule has 2 saturated heterocycles. The molecule has 3 atom stereocenters. The predicted molar refractivity (Wildman–Crippen MR) is 92.5 cm³/mol. The van der Waals surface area contributed by atoms with Crippen LogP contribution in [0.1, 0.15) is 37.1 Å². The number of piperidine rings is 1. The largest absolute Gasteiger partial charge is 0.382 e. The van der Waals surface area contributed by atoms with Crippen LogP contribution >= 0.6 is 11.8 Å². The van der Waals surface area contributed by atoms with Gasteiger partial charge in [0, 0.05) is 56.0 Å². The van der Waals surface area contributed by atoms with Crippen molar-refractivity contribution in [1.29, 1.82) is 0 Å². The van der Waals surface area contributed by atoms with Crippen LogP contribution in [-0.2, 0) is 19.2 Å². The van der Waals surface area contributed by atoms with Crippen LogP contribution in [-0.4, -0.2) is 47.9 Å². The quantitative estimate of drug-likeness (QED) is 0.675. The van der Waals surface area contributed by atoms with E-state index in [0.717, 1.165) is 48.8 Å². The highest BCUT2D eigenvalue weighted by atomic mass is 32.2. The summed E-state index contributed by atoms with van der Waals surface area (Å²) in [6.45, 7) is 0.862. The minimum absolute atomic E-state index is 0.394. The zero-order valence-corrected chi connectivity index (χ0v) is 14.9. The molecule has 24 heavy (non-hydrogen) atoms. The van der Waals surface area contributed by atoms with Crippen molar-refractivity contribution < 1.29 is 5.11 Å². The van der Waals surface area contributed by atoms with Gasteiger partial charge in [-0.15, -0.1) is 0 Å². The Morgan fingerprint density at radius 2 is 1.88 bits per heavy atom. The molecule has 2 aromatic heterocycles. The fourth-order valence-corrected chi connectivity index (χ4v) is 4.63. The zero-order chi connectivity index (χ0) is 16.7. The third kappa shape index (κ3) is 2.74. The smallest absolute Gasteiger partial charge is 0.187 e. The first-order valence-corrected chi connectivity index (χ1v) is 9.62. The molecule has 0 saturated carbocycles. The molecule has 6 nitrogen and oxygen atoms in total. The van der Waals surface area contributed by atoms with Gasteiger partial charge in [0.05, 0.1) is 0 Å². The molecule has 1 unspecified atom stereocenters. The van der Waals surface area contributed by atoms with Gasteiger partial charge in [-0.05, 0) is 31.9 Å². The summed E-state index contributed by atoms with van der Waals surface area (Å²) in [5.41, 5.74) is 0.340. The van der Waals surface area contributed by atoms with Crippen LogP contribution in [0.3, 0.4) is 0 Å². The normalized spacial score (nSPS) is 30.0. The molecule has 7 heteroatoms. The van der Waals surface area contributed by atoms with Gasteiger partial charge in [0.15, 0.2) is 5.16 Å². The van der Waals surface area contributed by atoms with E-state index in [9.17, 15) is 5.11 Å². The first kappa shape index (κ1) is 16.1. The van der Waals surface area contributed by atoms with Crippen molar-refractivity contribution in [1.82, 2.24) is 24.4 Å². The average Bonchev–Trinajstić information content (AvgIpc) is 3.11. The number of aliphatic hydroxyl groups is 1. The van der Waals surface area contributed by atoms with E-state index >= 15 is 0 Å². The van der Waals surface area contributed by atoms with Crippen molar-refractivity contribution in [3.8, 4) is 0 Å². The molecule has 128 valence electrons. The minimum atomic E-state index is -0.806. The van der Waals surface area contributed by atoms with Gasteiger partial charge in [0.25, 0.3) is 0 Å². The van der Waals surface area contributed by atoms with Gasteiger partial charge in [-0.1, -0.05) is 11.8 Å². The van der Waals surface area contributed by atoms with E-state index in [0.29, 0.717) is 12.1 Å². The molecule has 0 aromatic carbocycles. The lowest BCUT2D eigenvalue weighted by atomic mass is 9.85. The van der Waals surface area contributed by atoms with Gasteiger partial charge in [-0.25, -0.2) is 15.0 Å². The second-order valence-corrected chi connectivity index (χ2v) is 7.71. The van der Waals surface area contributed by atoms with Gasteiger partial charge in [0.1, 0.15) is 11.4 Å². The Morgan fingerprint density at radius 3 is 2.42 bits per heavy atom. The zero-order valence-electron chi connectivity index (χ0n) is 14.1. The first-order valence-electron chi connectivity index (χ1n) is 8.40. The molecule has 2 aliphatic rings. The fourth-order valence-electron chi connectivity index (χ4n) is 4.31. The second-order valence-electron chi connectivity index (χ2n) is 6.94. The van der Waals surface area contributed by atoms with Crippen molar-refractivity contribution in [2.24, 2.45) is 7.05 Å². The Hall–Kier alpha value is -1.44. The Kier molecular flexibility index (Phi) is 4.10. The number of imidazole rings is 1. The summed E-state index contributed by atoms with van der Waals surface area (Å²) in [5, 5.41) is 12.0. The number of hydrogen-bond donors (Lipinski definition) is 1. The number of hydrogen-bond acceptors (Lipinski definition) is 6. The van der Waals surface area contributed by atoms with Gasteiger partial charge in [-0.3, -0.25) is 4.90 Å². The Morgan fingerprint density at radius 1 is 1.21 bits per heavy atom. The number of nitrogens with zero attached hydrogens (tertiary/aromatic N) is 5. The van der Waals surface area contributed by atoms with Crippen LogP contribution in [0.5, 0.6) is 0 Å². The van der Waals surface area contributed by atoms with E-state index in [1.54, 1.807) is 18.0 Å². The Bertz CT molecular complexity index is 702. The lowest BCUT2D eigenvalue weighted by molar-refractivity contribution is -0.0670. The van der Waals surface area contributed by atoms with Crippen LogP contribution < -0.4 is 0 Å². The Balaban J connectivity index is 1.51. The van der Waals surface area contributed by atoms with Crippen molar-refractivity contribution >= 4 is 11.8 Å². The number of fused-ring (bicyclic) bond motifs is 2. The van der Waals surface area contributed by atoms with Crippen molar-refractivity contribution in [2.45, 2.75) is 55.1 Å². The summed E-state index contributed by atoms with van der Waals surface area (Å²) < 4.78 is 1.95. The van der Waals surface area contributed by atoms with E-state index in [-0.39, 0.29) is 0 Å².